The topological polar surface area (TPSA) is 47.6 Å². The van der Waals surface area contributed by atoms with Gasteiger partial charge in [0.25, 0.3) is 0 Å². The fourth-order valence-corrected chi connectivity index (χ4v) is 1.25. The highest BCUT2D eigenvalue weighted by molar-refractivity contribution is 6.69. The molecule has 0 saturated carbocycles. The summed E-state index contributed by atoms with van der Waals surface area (Å²) in [5.41, 5.74) is 0. The molecule has 0 aliphatic heterocycles. The van der Waals surface area contributed by atoms with Gasteiger partial charge in [-0.2, -0.15) is 0 Å². The molecule has 0 heterocycles. The van der Waals surface area contributed by atoms with Gasteiger partial charge in [0.2, 0.25) is 0 Å². The van der Waals surface area contributed by atoms with E-state index in [1.807, 2.05) is 0 Å². The standard InChI is InChI=1S/C7H17NO3Si/c1-8-7(9)10-5-6-11-12(2,3)4/h5-6H2,1-4H3,(H,8,9). The maximum Gasteiger partial charge on any atom is 0.406 e. The lowest BCUT2D eigenvalue weighted by molar-refractivity contribution is 0.125. The number of ether oxygens (including phenoxy) is 1. The zero-order valence-electron chi connectivity index (χ0n) is 8.14. The predicted octanol–water partition coefficient (Wildman–Crippen LogP) is 1.19. The fraction of sp³-hybridized carbons (Fsp3) is 0.857. The van der Waals surface area contributed by atoms with E-state index in [9.17, 15) is 4.79 Å². The van der Waals surface area contributed by atoms with Gasteiger partial charge in [-0.25, -0.2) is 4.79 Å². The maximum absolute atomic E-state index is 10.6. The van der Waals surface area contributed by atoms with E-state index >= 15 is 0 Å². The fourth-order valence-electron chi connectivity index (χ4n) is 0.554. The van der Waals surface area contributed by atoms with Crippen LogP contribution < -0.4 is 5.32 Å². The molecule has 5 heteroatoms. The summed E-state index contributed by atoms with van der Waals surface area (Å²) in [5.74, 6) is 0. The van der Waals surface area contributed by atoms with Crippen LogP contribution in [0.15, 0.2) is 0 Å². The van der Waals surface area contributed by atoms with Crippen LogP contribution in [-0.2, 0) is 9.16 Å². The van der Waals surface area contributed by atoms with Crippen molar-refractivity contribution in [3.63, 3.8) is 0 Å². The molecule has 0 aromatic carbocycles. The zero-order valence-corrected chi connectivity index (χ0v) is 9.14. The van der Waals surface area contributed by atoms with Crippen molar-refractivity contribution >= 4 is 14.4 Å². The molecule has 0 radical (unpaired) electrons. The highest BCUT2D eigenvalue weighted by atomic mass is 28.4. The SMILES string of the molecule is CNC(=O)OCCO[Si](C)(C)C. The first kappa shape index (κ1) is 11.4. The van der Waals surface area contributed by atoms with Crippen molar-refractivity contribution in [2.24, 2.45) is 0 Å². The Bertz CT molecular complexity index is 144. The maximum atomic E-state index is 10.6. The first-order valence-electron chi connectivity index (χ1n) is 3.94. The molecule has 1 N–H and O–H groups in total. The minimum absolute atomic E-state index is 0.323. The van der Waals surface area contributed by atoms with E-state index in [-0.39, 0.29) is 0 Å². The average Bonchev–Trinajstić information content (AvgIpc) is 1.96. The van der Waals surface area contributed by atoms with E-state index < -0.39 is 14.4 Å². The molecule has 0 aromatic rings. The van der Waals surface area contributed by atoms with Gasteiger partial charge in [-0.05, 0) is 19.6 Å². The number of nitrogens with one attached hydrogen (secondary N) is 1. The Morgan fingerprint density at radius 2 is 1.92 bits per heavy atom. The molecule has 12 heavy (non-hydrogen) atoms. The lowest BCUT2D eigenvalue weighted by Gasteiger charge is -2.16. The second-order valence-corrected chi connectivity index (χ2v) is 7.86. The lowest BCUT2D eigenvalue weighted by atomic mass is 10.8. The van der Waals surface area contributed by atoms with Crippen molar-refractivity contribution < 1.29 is 14.0 Å². The van der Waals surface area contributed by atoms with Gasteiger partial charge in [-0.3, -0.25) is 0 Å². The first-order valence-corrected chi connectivity index (χ1v) is 7.35. The molecular weight excluding hydrogens is 174 g/mol. The van der Waals surface area contributed by atoms with Gasteiger partial charge >= 0.3 is 6.09 Å². The average molecular weight is 191 g/mol. The number of alkyl carbamates (subject to hydrolysis) is 1. The summed E-state index contributed by atoms with van der Waals surface area (Å²) in [6.07, 6.45) is -0.408. The molecule has 0 aromatic heterocycles. The highest BCUT2D eigenvalue weighted by Gasteiger charge is 2.13. The molecule has 0 spiro atoms. The molecule has 0 unspecified atom stereocenters. The van der Waals surface area contributed by atoms with Gasteiger partial charge in [0.15, 0.2) is 8.32 Å². The normalized spacial score (nSPS) is 11.0. The van der Waals surface area contributed by atoms with Crippen LogP contribution in [0.1, 0.15) is 0 Å². The minimum atomic E-state index is -1.45. The Kier molecular flexibility index (Phi) is 4.92. The van der Waals surface area contributed by atoms with Crippen LogP contribution in [0.25, 0.3) is 0 Å². The second kappa shape index (κ2) is 5.16. The van der Waals surface area contributed by atoms with Crippen LogP contribution in [0.2, 0.25) is 19.6 Å². The monoisotopic (exact) mass is 191 g/mol. The molecular formula is C7H17NO3Si. The third-order valence-electron chi connectivity index (χ3n) is 1.06. The van der Waals surface area contributed by atoms with Crippen LogP contribution in [-0.4, -0.2) is 34.7 Å². The summed E-state index contributed by atoms with van der Waals surface area (Å²) in [4.78, 5) is 10.6. The quantitative estimate of drug-likeness (QED) is 0.536. The van der Waals surface area contributed by atoms with Crippen molar-refractivity contribution in [1.29, 1.82) is 0 Å². The smallest absolute Gasteiger partial charge is 0.406 e. The molecule has 0 aliphatic rings. The van der Waals surface area contributed by atoms with Crippen LogP contribution >= 0.6 is 0 Å². The van der Waals surface area contributed by atoms with Crippen molar-refractivity contribution in [3.8, 4) is 0 Å². The predicted molar refractivity (Wildman–Crippen MR) is 49.7 cm³/mol. The molecule has 0 fully saturated rings. The van der Waals surface area contributed by atoms with E-state index in [0.29, 0.717) is 13.2 Å². The second-order valence-electron chi connectivity index (χ2n) is 3.35. The number of rotatable bonds is 4. The lowest BCUT2D eigenvalue weighted by Crippen LogP contribution is -2.29. The third kappa shape index (κ3) is 7.55. The van der Waals surface area contributed by atoms with Crippen LogP contribution in [0.3, 0.4) is 0 Å². The number of hydrogen-bond donors (Lipinski definition) is 1. The summed E-state index contributed by atoms with van der Waals surface area (Å²) < 4.78 is 10.2. The summed E-state index contributed by atoms with van der Waals surface area (Å²) in [6.45, 7) is 7.08. The van der Waals surface area contributed by atoms with Gasteiger partial charge in [-0.15, -0.1) is 0 Å². The van der Waals surface area contributed by atoms with Crippen molar-refractivity contribution in [1.82, 2.24) is 5.32 Å². The highest BCUT2D eigenvalue weighted by Crippen LogP contribution is 2.01. The van der Waals surface area contributed by atoms with Crippen molar-refractivity contribution in [3.05, 3.63) is 0 Å². The summed E-state index contributed by atoms with van der Waals surface area (Å²) in [7, 11) is 0.0783. The largest absolute Gasteiger partial charge is 0.447 e. The number of amides is 1. The summed E-state index contributed by atoms with van der Waals surface area (Å²) >= 11 is 0. The van der Waals surface area contributed by atoms with Gasteiger partial charge in [-0.1, -0.05) is 0 Å². The van der Waals surface area contributed by atoms with Crippen LogP contribution in [0, 0.1) is 0 Å². The molecule has 1 amide bonds. The summed E-state index contributed by atoms with van der Waals surface area (Å²) in [6, 6.07) is 0. The minimum Gasteiger partial charge on any atom is -0.447 e. The summed E-state index contributed by atoms with van der Waals surface area (Å²) in [5, 5.41) is 2.36. The molecule has 0 rings (SSSR count). The number of carbonyl (C=O) groups excluding carboxylic acids is 1. The number of carbonyl (C=O) groups is 1. The van der Waals surface area contributed by atoms with E-state index in [4.69, 9.17) is 9.16 Å². The first-order chi connectivity index (χ1) is 5.45. The molecule has 0 bridgehead atoms. The van der Waals surface area contributed by atoms with E-state index in [2.05, 4.69) is 25.0 Å². The molecule has 4 nitrogen and oxygen atoms in total. The van der Waals surface area contributed by atoms with Gasteiger partial charge in [0, 0.05) is 7.05 Å². The van der Waals surface area contributed by atoms with Crippen molar-refractivity contribution in [2.45, 2.75) is 19.6 Å². The van der Waals surface area contributed by atoms with Crippen LogP contribution in [0.4, 0.5) is 4.79 Å². The third-order valence-corrected chi connectivity index (χ3v) is 2.13. The van der Waals surface area contributed by atoms with Crippen molar-refractivity contribution in [2.75, 3.05) is 20.3 Å². The molecule has 0 saturated heterocycles. The number of hydrogen-bond acceptors (Lipinski definition) is 3. The van der Waals surface area contributed by atoms with Crippen LogP contribution in [0.5, 0.6) is 0 Å². The zero-order chi connectivity index (χ0) is 9.61. The van der Waals surface area contributed by atoms with Gasteiger partial charge in [0.05, 0.1) is 6.61 Å². The van der Waals surface area contributed by atoms with E-state index in [1.54, 1.807) is 0 Å². The van der Waals surface area contributed by atoms with E-state index in [0.717, 1.165) is 0 Å². The Hall–Kier alpha value is -0.553. The molecule has 0 atom stereocenters. The Balaban J connectivity index is 3.28. The molecule has 0 aliphatic carbocycles. The Labute approximate surface area is 74.4 Å². The van der Waals surface area contributed by atoms with Gasteiger partial charge in [0.1, 0.15) is 6.61 Å². The molecule has 72 valence electrons. The Morgan fingerprint density at radius 1 is 1.33 bits per heavy atom. The van der Waals surface area contributed by atoms with Gasteiger partial charge < -0.3 is 14.5 Å². The van der Waals surface area contributed by atoms with E-state index in [1.165, 1.54) is 7.05 Å². The Morgan fingerprint density at radius 3 is 2.33 bits per heavy atom.